The molecular weight excluding hydrogens is 380 g/mol. The van der Waals surface area contributed by atoms with Crippen LogP contribution in [0.4, 0.5) is 16.4 Å². The number of nitrogens with zero attached hydrogens (tertiary/aromatic N) is 3. The average molecular weight is 398 g/mol. The molecule has 0 spiro atoms. The zero-order chi connectivity index (χ0) is 20.2. The lowest BCUT2D eigenvalue weighted by Crippen LogP contribution is -2.33. The second-order valence-corrected chi connectivity index (χ2v) is 6.19. The number of rotatable bonds is 6. The van der Waals surface area contributed by atoms with Crippen LogP contribution >= 0.6 is 0 Å². The minimum atomic E-state index is -4.61. The molecule has 1 amide bonds. The molecule has 2 aromatic rings. The van der Waals surface area contributed by atoms with Gasteiger partial charge in [-0.05, 0) is 19.1 Å². The Bertz CT molecular complexity index is 927. The van der Waals surface area contributed by atoms with Crippen LogP contribution < -0.4 is 24.2 Å². The Balaban J connectivity index is 2.76. The van der Waals surface area contributed by atoms with Gasteiger partial charge in [0.05, 0.1) is 21.3 Å². The molecule has 0 aliphatic heterocycles. The summed E-state index contributed by atoms with van der Waals surface area (Å²) in [5.41, 5.74) is 0.461. The summed E-state index contributed by atoms with van der Waals surface area (Å²) in [6.45, 7) is 1.64. The normalized spacial score (nSPS) is 10.9. The maximum absolute atomic E-state index is 12.6. The number of aryl methyl sites for hydroxylation is 1. The second kappa shape index (κ2) is 8.05. The number of nitrogens with two attached hydrogens (primary N) is 1. The third-order valence-electron chi connectivity index (χ3n) is 3.22. The number of carbonyl (C=O) groups excluding carboxylic acids is 1. The van der Waals surface area contributed by atoms with Crippen molar-refractivity contribution in [3.63, 3.8) is 0 Å². The zero-order valence-electron chi connectivity index (χ0n) is 15.0. The molecule has 146 valence electrons. The second-order valence-electron chi connectivity index (χ2n) is 5.04. The van der Waals surface area contributed by atoms with Crippen molar-refractivity contribution in [1.29, 1.82) is 0 Å². The van der Waals surface area contributed by atoms with Crippen LogP contribution in [-0.4, -0.2) is 45.8 Å². The van der Waals surface area contributed by atoms with Crippen LogP contribution in [0.5, 0.6) is 17.4 Å². The number of anilines is 2. The van der Waals surface area contributed by atoms with Crippen molar-refractivity contribution >= 4 is 28.0 Å². The van der Waals surface area contributed by atoms with E-state index in [4.69, 9.17) is 19.3 Å². The predicted molar refractivity (Wildman–Crippen MR) is 94.6 cm³/mol. The van der Waals surface area contributed by atoms with E-state index in [1.54, 1.807) is 13.0 Å². The number of carbonyl (C=O) groups is 1. The fourth-order valence-corrected chi connectivity index (χ4v) is 2.46. The molecule has 27 heavy (non-hydrogen) atoms. The molecule has 0 unspecified atom stereocenters. The van der Waals surface area contributed by atoms with Crippen LogP contribution in [0.3, 0.4) is 0 Å². The fraction of sp³-hybridized carbons (Fsp3) is 0.267. The van der Waals surface area contributed by atoms with Crippen molar-refractivity contribution in [2.24, 2.45) is 5.14 Å². The number of benzene rings is 1. The first-order chi connectivity index (χ1) is 12.7. The standard InChI is InChI=1S/C15H18N4O7S/c1-9-8-12(25-4)18-14(17-9)19(15(20)26-27(16,21)22)13-10(23-2)6-5-7-11(13)24-3/h5-8H,1-4H3,(H2,16,21,22). The Morgan fingerprint density at radius 1 is 1.07 bits per heavy atom. The van der Waals surface area contributed by atoms with Gasteiger partial charge in [0.15, 0.2) is 0 Å². The monoisotopic (exact) mass is 398 g/mol. The number of amides is 1. The molecule has 0 atom stereocenters. The Labute approximate surface area is 155 Å². The first-order valence-corrected chi connectivity index (χ1v) is 8.84. The van der Waals surface area contributed by atoms with Crippen molar-refractivity contribution in [2.45, 2.75) is 6.92 Å². The van der Waals surface area contributed by atoms with Crippen molar-refractivity contribution in [1.82, 2.24) is 9.97 Å². The van der Waals surface area contributed by atoms with E-state index in [0.717, 1.165) is 4.90 Å². The summed E-state index contributed by atoms with van der Waals surface area (Å²) in [4.78, 5) is 21.6. The molecule has 0 radical (unpaired) electrons. The number of methoxy groups -OCH3 is 3. The SMILES string of the molecule is COc1cc(C)nc(N(C(=O)OS(N)(=O)=O)c2c(OC)cccc2OC)n1. The van der Waals surface area contributed by atoms with Gasteiger partial charge in [0.2, 0.25) is 11.8 Å². The van der Waals surface area contributed by atoms with Gasteiger partial charge in [-0.3, -0.25) is 0 Å². The summed E-state index contributed by atoms with van der Waals surface area (Å²) in [5, 5.41) is 4.83. The van der Waals surface area contributed by atoms with E-state index in [-0.39, 0.29) is 29.0 Å². The molecule has 1 heterocycles. The fourth-order valence-electron chi connectivity index (χ4n) is 2.19. The quantitative estimate of drug-likeness (QED) is 0.761. The molecule has 0 bridgehead atoms. The molecule has 0 aliphatic rings. The topological polar surface area (TPSA) is 143 Å². The summed E-state index contributed by atoms with van der Waals surface area (Å²) in [5.74, 6) is 0.248. The van der Waals surface area contributed by atoms with Crippen LogP contribution in [0.2, 0.25) is 0 Å². The molecule has 0 saturated carbocycles. The van der Waals surface area contributed by atoms with Gasteiger partial charge >= 0.3 is 16.4 Å². The van der Waals surface area contributed by atoms with Crippen molar-refractivity contribution < 1.29 is 31.6 Å². The van der Waals surface area contributed by atoms with E-state index < -0.39 is 16.4 Å². The lowest BCUT2D eigenvalue weighted by atomic mass is 10.2. The minimum Gasteiger partial charge on any atom is -0.494 e. The van der Waals surface area contributed by atoms with Gasteiger partial charge < -0.3 is 18.4 Å². The van der Waals surface area contributed by atoms with Gasteiger partial charge in [0.1, 0.15) is 17.2 Å². The van der Waals surface area contributed by atoms with E-state index in [0.29, 0.717) is 5.69 Å². The maximum Gasteiger partial charge on any atom is 0.438 e. The number of para-hydroxylation sites is 1. The third kappa shape index (κ3) is 4.74. The Kier molecular flexibility index (Phi) is 6.02. The Hall–Kier alpha value is -3.12. The Morgan fingerprint density at radius 2 is 1.67 bits per heavy atom. The van der Waals surface area contributed by atoms with Crippen LogP contribution in [0, 0.1) is 6.92 Å². The van der Waals surface area contributed by atoms with Gasteiger partial charge in [-0.15, -0.1) is 0 Å². The maximum atomic E-state index is 12.6. The largest absolute Gasteiger partial charge is 0.494 e. The van der Waals surface area contributed by atoms with Crippen molar-refractivity contribution in [3.8, 4) is 17.4 Å². The lowest BCUT2D eigenvalue weighted by molar-refractivity contribution is 0.211. The van der Waals surface area contributed by atoms with E-state index in [2.05, 4.69) is 14.2 Å². The van der Waals surface area contributed by atoms with Crippen molar-refractivity contribution in [2.75, 3.05) is 26.2 Å². The summed E-state index contributed by atoms with van der Waals surface area (Å²) in [7, 11) is -0.511. The van der Waals surface area contributed by atoms with Gasteiger partial charge in [-0.25, -0.2) is 14.7 Å². The van der Waals surface area contributed by atoms with E-state index >= 15 is 0 Å². The predicted octanol–water partition coefficient (Wildman–Crippen LogP) is 1.29. The summed E-state index contributed by atoms with van der Waals surface area (Å²) >= 11 is 0. The van der Waals surface area contributed by atoms with Gasteiger partial charge in [-0.2, -0.15) is 18.5 Å². The number of hydrogen-bond donors (Lipinski definition) is 1. The van der Waals surface area contributed by atoms with Crippen molar-refractivity contribution in [3.05, 3.63) is 30.0 Å². The Morgan fingerprint density at radius 3 is 2.15 bits per heavy atom. The third-order valence-corrected chi connectivity index (χ3v) is 3.60. The number of hydrogen-bond acceptors (Lipinski definition) is 9. The smallest absolute Gasteiger partial charge is 0.438 e. The highest BCUT2D eigenvalue weighted by atomic mass is 32.2. The average Bonchev–Trinajstić information content (AvgIpc) is 2.59. The highest BCUT2D eigenvalue weighted by Gasteiger charge is 2.32. The van der Waals surface area contributed by atoms with Crippen LogP contribution in [0.25, 0.3) is 0 Å². The highest BCUT2D eigenvalue weighted by Crippen LogP contribution is 2.41. The van der Waals surface area contributed by atoms with E-state index in [1.807, 2.05) is 0 Å². The van der Waals surface area contributed by atoms with Crippen LogP contribution in [0.15, 0.2) is 24.3 Å². The van der Waals surface area contributed by atoms with Gasteiger partial charge in [0.25, 0.3) is 0 Å². The summed E-state index contributed by atoms with van der Waals surface area (Å²) in [6, 6.07) is 6.19. The first-order valence-electron chi connectivity index (χ1n) is 7.37. The van der Waals surface area contributed by atoms with E-state index in [1.165, 1.54) is 39.5 Å². The molecule has 2 N–H and O–H groups in total. The lowest BCUT2D eigenvalue weighted by Gasteiger charge is -2.23. The summed E-state index contributed by atoms with van der Waals surface area (Å²) < 4.78 is 42.5. The molecule has 11 nitrogen and oxygen atoms in total. The number of ether oxygens (including phenoxy) is 3. The highest BCUT2D eigenvalue weighted by molar-refractivity contribution is 7.84. The molecular formula is C15H18N4O7S. The number of aromatic nitrogens is 2. The molecule has 1 aromatic carbocycles. The minimum absolute atomic E-state index is 0.0174. The summed E-state index contributed by atoms with van der Waals surface area (Å²) in [6.07, 6.45) is -1.38. The van der Waals surface area contributed by atoms with Crippen LogP contribution in [-0.2, 0) is 14.5 Å². The molecule has 2 rings (SSSR count). The van der Waals surface area contributed by atoms with Crippen LogP contribution in [0.1, 0.15) is 5.69 Å². The first kappa shape index (κ1) is 20.2. The molecule has 12 heteroatoms. The molecule has 1 aromatic heterocycles. The molecule has 0 aliphatic carbocycles. The molecule has 0 fully saturated rings. The van der Waals surface area contributed by atoms with Gasteiger partial charge in [-0.1, -0.05) is 6.07 Å². The molecule has 0 saturated heterocycles. The van der Waals surface area contributed by atoms with E-state index in [9.17, 15) is 13.2 Å². The zero-order valence-corrected chi connectivity index (χ0v) is 15.8. The van der Waals surface area contributed by atoms with Gasteiger partial charge in [0, 0.05) is 11.8 Å².